The Hall–Kier alpha value is -3.24. The lowest BCUT2D eigenvalue weighted by molar-refractivity contribution is -0.118. The number of hydrogen-bond acceptors (Lipinski definition) is 5. The van der Waals surface area contributed by atoms with E-state index in [0.29, 0.717) is 5.75 Å². The number of carbonyl (C=O) groups is 1. The van der Waals surface area contributed by atoms with E-state index in [9.17, 15) is 17.6 Å². The summed E-state index contributed by atoms with van der Waals surface area (Å²) < 4.78 is 49.3. The first-order valence-corrected chi connectivity index (χ1v) is 11.8. The van der Waals surface area contributed by atoms with E-state index in [0.717, 1.165) is 11.4 Å². The second-order valence-corrected chi connectivity index (χ2v) is 9.73. The van der Waals surface area contributed by atoms with Crippen molar-refractivity contribution in [1.82, 2.24) is 14.5 Å². The van der Waals surface area contributed by atoms with Gasteiger partial charge in [-0.2, -0.15) is 9.82 Å². The van der Waals surface area contributed by atoms with Crippen LogP contribution in [0, 0.1) is 25.6 Å². The average Bonchev–Trinajstić information content (AvgIpc) is 3.09. The molecular formula is C23H27FN4O4S. The molecule has 1 aromatic heterocycles. The zero-order valence-corrected chi connectivity index (χ0v) is 19.9. The molecule has 0 spiro atoms. The monoisotopic (exact) mass is 474 g/mol. The van der Waals surface area contributed by atoms with Crippen molar-refractivity contribution < 1.29 is 22.3 Å². The van der Waals surface area contributed by atoms with Gasteiger partial charge in [0, 0.05) is 11.4 Å². The molecule has 0 aliphatic carbocycles. The van der Waals surface area contributed by atoms with E-state index < -0.39 is 27.8 Å². The van der Waals surface area contributed by atoms with Gasteiger partial charge in [0.1, 0.15) is 17.5 Å². The molecule has 176 valence electrons. The first-order chi connectivity index (χ1) is 15.5. The quantitative estimate of drug-likeness (QED) is 0.520. The number of halogens is 1. The molecule has 2 N–H and O–H groups in total. The number of aryl methyl sites for hydroxylation is 2. The van der Waals surface area contributed by atoms with Gasteiger partial charge in [0.05, 0.1) is 17.7 Å². The smallest absolute Gasteiger partial charge is 0.242 e. The lowest BCUT2D eigenvalue weighted by Gasteiger charge is -2.22. The lowest BCUT2D eigenvalue weighted by atomic mass is 10.0. The molecule has 3 aromatic rings. The van der Waals surface area contributed by atoms with Crippen molar-refractivity contribution in [3.63, 3.8) is 0 Å². The first-order valence-electron chi connectivity index (χ1n) is 10.3. The number of sulfonamides is 1. The Kier molecular flexibility index (Phi) is 7.19. The number of benzene rings is 2. The number of methoxy groups -OCH3 is 1. The highest BCUT2D eigenvalue weighted by molar-refractivity contribution is 7.89. The van der Waals surface area contributed by atoms with Gasteiger partial charge in [-0.15, -0.1) is 0 Å². The van der Waals surface area contributed by atoms with Crippen molar-refractivity contribution in [2.45, 2.75) is 38.6 Å². The van der Waals surface area contributed by atoms with Crippen molar-refractivity contribution in [1.29, 1.82) is 0 Å². The Balaban J connectivity index is 1.78. The predicted octanol–water partition coefficient (Wildman–Crippen LogP) is 3.58. The maximum atomic E-state index is 14.8. The van der Waals surface area contributed by atoms with E-state index in [1.165, 1.54) is 48.2 Å². The van der Waals surface area contributed by atoms with Gasteiger partial charge in [-0.3, -0.25) is 4.79 Å². The Bertz CT molecular complexity index is 1250. The van der Waals surface area contributed by atoms with Gasteiger partial charge in [0.2, 0.25) is 15.9 Å². The van der Waals surface area contributed by atoms with Crippen LogP contribution in [0.5, 0.6) is 5.75 Å². The molecule has 0 aliphatic heterocycles. The molecule has 33 heavy (non-hydrogen) atoms. The zero-order valence-electron chi connectivity index (χ0n) is 19.1. The van der Waals surface area contributed by atoms with Gasteiger partial charge in [-0.25, -0.2) is 17.5 Å². The summed E-state index contributed by atoms with van der Waals surface area (Å²) in [4.78, 5) is 12.9. The van der Waals surface area contributed by atoms with Gasteiger partial charge >= 0.3 is 0 Å². The summed E-state index contributed by atoms with van der Waals surface area (Å²) in [5.41, 5.74) is 1.99. The highest BCUT2D eigenvalue weighted by Crippen LogP contribution is 2.21. The number of anilines is 1. The molecule has 1 amide bonds. The molecule has 10 heteroatoms. The summed E-state index contributed by atoms with van der Waals surface area (Å²) in [5, 5.41) is 6.87. The number of amides is 1. The number of aromatic nitrogens is 2. The molecule has 0 bridgehead atoms. The minimum absolute atomic E-state index is 0.00188. The van der Waals surface area contributed by atoms with Crippen LogP contribution in [-0.4, -0.2) is 37.3 Å². The molecule has 1 heterocycles. The van der Waals surface area contributed by atoms with Crippen molar-refractivity contribution in [2.75, 3.05) is 12.4 Å². The topological polar surface area (TPSA) is 102 Å². The molecule has 0 unspecified atom stereocenters. The SMILES string of the molecule is COc1ccc(S(=O)(=O)N[C@H](C(=O)Nc2ccc(-n3nc(C)cc3C)c(F)c2)C(C)C)cc1. The summed E-state index contributed by atoms with van der Waals surface area (Å²) in [6.45, 7) is 7.06. The Labute approximate surface area is 192 Å². The number of nitrogens with zero attached hydrogens (tertiary/aromatic N) is 2. The summed E-state index contributed by atoms with van der Waals surface area (Å²) in [6, 6.07) is 10.8. The molecule has 1 atom stereocenters. The number of carbonyl (C=O) groups excluding carboxylic acids is 1. The number of nitrogens with one attached hydrogen (secondary N) is 2. The second-order valence-electron chi connectivity index (χ2n) is 8.01. The number of rotatable bonds is 8. The highest BCUT2D eigenvalue weighted by atomic mass is 32.2. The zero-order chi connectivity index (χ0) is 24.3. The van der Waals surface area contributed by atoms with Crippen LogP contribution in [0.4, 0.5) is 10.1 Å². The van der Waals surface area contributed by atoms with Crippen molar-refractivity contribution in [2.24, 2.45) is 5.92 Å². The third-order valence-corrected chi connectivity index (χ3v) is 6.51. The minimum Gasteiger partial charge on any atom is -0.497 e. The molecule has 0 fully saturated rings. The van der Waals surface area contributed by atoms with E-state index in [4.69, 9.17) is 4.74 Å². The number of ether oxygens (including phenoxy) is 1. The maximum absolute atomic E-state index is 14.8. The van der Waals surface area contributed by atoms with Crippen molar-refractivity contribution in [3.8, 4) is 11.4 Å². The predicted molar refractivity (Wildman–Crippen MR) is 124 cm³/mol. The fourth-order valence-electron chi connectivity index (χ4n) is 3.33. The highest BCUT2D eigenvalue weighted by Gasteiger charge is 2.28. The normalized spacial score (nSPS) is 12.6. The van der Waals surface area contributed by atoms with Crippen LogP contribution >= 0.6 is 0 Å². The van der Waals surface area contributed by atoms with E-state index in [1.807, 2.05) is 19.9 Å². The minimum atomic E-state index is -3.97. The summed E-state index contributed by atoms with van der Waals surface area (Å²) in [6.07, 6.45) is 0. The van der Waals surface area contributed by atoms with E-state index >= 15 is 0 Å². The van der Waals surface area contributed by atoms with Crippen LogP contribution in [0.2, 0.25) is 0 Å². The molecule has 0 aliphatic rings. The van der Waals surface area contributed by atoms with Crippen LogP contribution in [0.1, 0.15) is 25.2 Å². The second kappa shape index (κ2) is 9.72. The van der Waals surface area contributed by atoms with E-state index in [-0.39, 0.29) is 22.2 Å². The van der Waals surface area contributed by atoms with Gasteiger partial charge in [-0.1, -0.05) is 13.8 Å². The molecule has 0 radical (unpaired) electrons. The van der Waals surface area contributed by atoms with Crippen molar-refractivity contribution in [3.05, 3.63) is 65.7 Å². The first kappa shape index (κ1) is 24.4. The maximum Gasteiger partial charge on any atom is 0.242 e. The van der Waals surface area contributed by atoms with E-state index in [2.05, 4.69) is 15.1 Å². The summed E-state index contributed by atoms with van der Waals surface area (Å²) in [5.74, 6) is -1.02. The van der Waals surface area contributed by atoms with Crippen LogP contribution in [-0.2, 0) is 14.8 Å². The third kappa shape index (κ3) is 5.58. The van der Waals surface area contributed by atoms with Crippen LogP contribution in [0.3, 0.4) is 0 Å². The Morgan fingerprint density at radius 2 is 1.76 bits per heavy atom. The van der Waals surface area contributed by atoms with Gasteiger partial charge in [0.15, 0.2) is 5.82 Å². The Morgan fingerprint density at radius 3 is 2.27 bits per heavy atom. The van der Waals surface area contributed by atoms with Gasteiger partial charge in [-0.05, 0) is 68.3 Å². The van der Waals surface area contributed by atoms with E-state index in [1.54, 1.807) is 19.9 Å². The standard InChI is InChI=1S/C23H27FN4O4S/c1-14(2)22(27-33(30,31)19-9-7-18(32-5)8-10-19)23(29)25-17-6-11-21(20(24)13-17)28-16(4)12-15(3)26-28/h6-14,22,27H,1-5H3,(H,25,29)/t22-/m0/s1. The molecule has 8 nitrogen and oxygen atoms in total. The molecule has 0 saturated carbocycles. The molecule has 2 aromatic carbocycles. The molecular weight excluding hydrogens is 447 g/mol. The fraction of sp³-hybridized carbons (Fsp3) is 0.304. The third-order valence-electron chi connectivity index (χ3n) is 5.05. The largest absolute Gasteiger partial charge is 0.497 e. The number of hydrogen-bond donors (Lipinski definition) is 2. The average molecular weight is 475 g/mol. The molecule has 3 rings (SSSR count). The van der Waals surface area contributed by atoms with Gasteiger partial charge < -0.3 is 10.1 Å². The van der Waals surface area contributed by atoms with Crippen LogP contribution < -0.4 is 14.8 Å². The van der Waals surface area contributed by atoms with Gasteiger partial charge in [0.25, 0.3) is 0 Å². The fourth-order valence-corrected chi connectivity index (χ4v) is 4.68. The summed E-state index contributed by atoms with van der Waals surface area (Å²) in [7, 11) is -2.49. The Morgan fingerprint density at radius 1 is 1.09 bits per heavy atom. The lowest BCUT2D eigenvalue weighted by Crippen LogP contribution is -2.47. The summed E-state index contributed by atoms with van der Waals surface area (Å²) >= 11 is 0. The molecule has 0 saturated heterocycles. The van der Waals surface area contributed by atoms with Crippen LogP contribution in [0.25, 0.3) is 5.69 Å². The van der Waals surface area contributed by atoms with Crippen molar-refractivity contribution >= 4 is 21.6 Å². The van der Waals surface area contributed by atoms with Crippen LogP contribution in [0.15, 0.2) is 53.4 Å².